The van der Waals surface area contributed by atoms with Crippen LogP contribution in [-0.2, 0) is 0 Å². The summed E-state index contributed by atoms with van der Waals surface area (Å²) < 4.78 is 0.870. The van der Waals surface area contributed by atoms with E-state index in [0.717, 1.165) is 4.34 Å². The van der Waals surface area contributed by atoms with Gasteiger partial charge in [0.05, 0.1) is 4.34 Å². The summed E-state index contributed by atoms with van der Waals surface area (Å²) in [5.74, 6) is 0.711. The van der Waals surface area contributed by atoms with Crippen LogP contribution in [0.3, 0.4) is 0 Å². The van der Waals surface area contributed by atoms with Gasteiger partial charge in [0, 0.05) is 17.0 Å². The summed E-state index contributed by atoms with van der Waals surface area (Å²) in [5, 5.41) is 3.61. The summed E-state index contributed by atoms with van der Waals surface area (Å²) in [7, 11) is 0. The first kappa shape index (κ1) is 13.0. The second kappa shape index (κ2) is 5.88. The molecule has 1 N–H and O–H groups in total. The lowest BCUT2D eigenvalue weighted by atomic mass is 10.00. The highest BCUT2D eigenvalue weighted by Crippen LogP contribution is 2.27. The van der Waals surface area contributed by atoms with Crippen LogP contribution in [0.25, 0.3) is 0 Å². The molecule has 0 saturated heterocycles. The van der Waals surface area contributed by atoms with E-state index in [-0.39, 0.29) is 0 Å². The lowest BCUT2D eigenvalue weighted by molar-refractivity contribution is 0.362. The molecular weight excluding hydrogens is 226 g/mol. The van der Waals surface area contributed by atoms with Crippen molar-refractivity contribution in [2.75, 3.05) is 0 Å². The van der Waals surface area contributed by atoms with Gasteiger partial charge in [-0.25, -0.2) is 0 Å². The fraction of sp³-hybridized carbons (Fsp3) is 0.667. The largest absolute Gasteiger partial charge is 0.307 e. The van der Waals surface area contributed by atoms with Gasteiger partial charge in [-0.15, -0.1) is 11.3 Å². The Morgan fingerprint density at radius 3 is 2.47 bits per heavy atom. The van der Waals surface area contributed by atoms with Crippen molar-refractivity contribution in [2.45, 2.75) is 46.2 Å². The SMILES string of the molecule is CCC(C)C(C)NC(C)c1ccc(Cl)s1. The molecule has 0 aliphatic carbocycles. The smallest absolute Gasteiger partial charge is 0.0931 e. The minimum atomic E-state index is 0.395. The van der Waals surface area contributed by atoms with Crippen molar-refractivity contribution in [1.82, 2.24) is 5.32 Å². The number of hydrogen-bond acceptors (Lipinski definition) is 2. The van der Waals surface area contributed by atoms with Crippen molar-refractivity contribution in [3.63, 3.8) is 0 Å². The van der Waals surface area contributed by atoms with E-state index in [0.29, 0.717) is 18.0 Å². The second-order valence-corrected chi connectivity index (χ2v) is 5.95. The fourth-order valence-corrected chi connectivity index (χ4v) is 2.63. The van der Waals surface area contributed by atoms with Crippen molar-refractivity contribution in [1.29, 1.82) is 0 Å². The zero-order chi connectivity index (χ0) is 11.4. The van der Waals surface area contributed by atoms with Gasteiger partial charge in [-0.05, 0) is 31.9 Å². The molecule has 0 radical (unpaired) electrons. The van der Waals surface area contributed by atoms with Gasteiger partial charge in [0.2, 0.25) is 0 Å². The third-order valence-electron chi connectivity index (χ3n) is 3.03. The number of nitrogens with one attached hydrogen (secondary N) is 1. The summed E-state index contributed by atoms with van der Waals surface area (Å²) in [6, 6.07) is 5.01. The molecule has 15 heavy (non-hydrogen) atoms. The van der Waals surface area contributed by atoms with Gasteiger partial charge in [0.15, 0.2) is 0 Å². The fourth-order valence-electron chi connectivity index (χ4n) is 1.56. The topological polar surface area (TPSA) is 12.0 Å². The average Bonchev–Trinajstić information content (AvgIpc) is 2.63. The molecule has 3 unspecified atom stereocenters. The Kier molecular flexibility index (Phi) is 5.10. The van der Waals surface area contributed by atoms with E-state index in [9.17, 15) is 0 Å². The van der Waals surface area contributed by atoms with E-state index in [4.69, 9.17) is 11.6 Å². The highest BCUT2D eigenvalue weighted by atomic mass is 35.5. The van der Waals surface area contributed by atoms with Gasteiger partial charge in [0.1, 0.15) is 0 Å². The third kappa shape index (κ3) is 3.78. The zero-order valence-electron chi connectivity index (χ0n) is 9.88. The molecule has 1 aromatic heterocycles. The lowest BCUT2D eigenvalue weighted by Crippen LogP contribution is -2.33. The summed E-state index contributed by atoms with van der Waals surface area (Å²) in [4.78, 5) is 1.31. The van der Waals surface area contributed by atoms with Gasteiger partial charge in [-0.2, -0.15) is 0 Å². The Balaban J connectivity index is 2.52. The average molecular weight is 246 g/mol. The lowest BCUT2D eigenvalue weighted by Gasteiger charge is -2.23. The Labute approximate surface area is 102 Å². The molecule has 86 valence electrons. The van der Waals surface area contributed by atoms with Crippen LogP contribution in [0.15, 0.2) is 12.1 Å². The van der Waals surface area contributed by atoms with E-state index < -0.39 is 0 Å². The van der Waals surface area contributed by atoms with Crippen LogP contribution in [0.1, 0.15) is 45.0 Å². The van der Waals surface area contributed by atoms with E-state index >= 15 is 0 Å². The highest BCUT2D eigenvalue weighted by molar-refractivity contribution is 7.16. The first-order valence-corrected chi connectivity index (χ1v) is 6.75. The molecule has 3 atom stereocenters. The van der Waals surface area contributed by atoms with Gasteiger partial charge in [-0.3, -0.25) is 0 Å². The monoisotopic (exact) mass is 245 g/mol. The molecule has 0 aromatic carbocycles. The summed E-state index contributed by atoms with van der Waals surface area (Å²) in [5.41, 5.74) is 0. The van der Waals surface area contributed by atoms with Crippen molar-refractivity contribution in [3.05, 3.63) is 21.3 Å². The first-order valence-electron chi connectivity index (χ1n) is 5.55. The summed E-state index contributed by atoms with van der Waals surface area (Å²) >= 11 is 7.58. The van der Waals surface area contributed by atoms with Gasteiger partial charge in [-0.1, -0.05) is 31.9 Å². The second-order valence-electron chi connectivity index (χ2n) is 4.20. The molecule has 1 heterocycles. The third-order valence-corrected chi connectivity index (χ3v) is 4.45. The first-order chi connectivity index (χ1) is 7.04. The quantitative estimate of drug-likeness (QED) is 0.806. The van der Waals surface area contributed by atoms with Crippen LogP contribution in [0, 0.1) is 5.92 Å². The Bertz CT molecular complexity index is 298. The van der Waals surface area contributed by atoms with Gasteiger partial charge in [0.25, 0.3) is 0 Å². The van der Waals surface area contributed by atoms with Gasteiger partial charge < -0.3 is 5.32 Å². The van der Waals surface area contributed by atoms with E-state index in [1.54, 1.807) is 11.3 Å². The van der Waals surface area contributed by atoms with Crippen molar-refractivity contribution in [3.8, 4) is 0 Å². The van der Waals surface area contributed by atoms with Crippen LogP contribution in [0.2, 0.25) is 4.34 Å². The van der Waals surface area contributed by atoms with E-state index in [1.165, 1.54) is 11.3 Å². The zero-order valence-corrected chi connectivity index (χ0v) is 11.5. The molecule has 0 aliphatic rings. The minimum absolute atomic E-state index is 0.395. The van der Waals surface area contributed by atoms with Crippen LogP contribution >= 0.6 is 22.9 Å². The summed E-state index contributed by atoms with van der Waals surface area (Å²) in [6.45, 7) is 8.96. The standard InChI is InChI=1S/C12H20ClNS/c1-5-8(2)9(3)14-10(4)11-6-7-12(13)15-11/h6-10,14H,5H2,1-4H3. The maximum atomic E-state index is 5.92. The normalized spacial score (nSPS) is 17.4. The van der Waals surface area contributed by atoms with Crippen LogP contribution in [0.5, 0.6) is 0 Å². The van der Waals surface area contributed by atoms with E-state index in [2.05, 4.69) is 39.1 Å². The number of thiophene rings is 1. The minimum Gasteiger partial charge on any atom is -0.307 e. The molecule has 1 rings (SSSR count). The molecule has 0 spiro atoms. The number of hydrogen-bond donors (Lipinski definition) is 1. The predicted molar refractivity (Wildman–Crippen MR) is 69.8 cm³/mol. The maximum absolute atomic E-state index is 5.92. The van der Waals surface area contributed by atoms with Crippen molar-refractivity contribution in [2.24, 2.45) is 5.92 Å². The molecule has 0 fully saturated rings. The van der Waals surface area contributed by atoms with Crippen molar-refractivity contribution >= 4 is 22.9 Å². The Hall–Kier alpha value is -0.0500. The van der Waals surface area contributed by atoms with Crippen LogP contribution < -0.4 is 5.32 Å². The van der Waals surface area contributed by atoms with E-state index in [1.807, 2.05) is 6.07 Å². The number of rotatable bonds is 5. The molecule has 1 nitrogen and oxygen atoms in total. The molecule has 0 bridgehead atoms. The molecule has 0 aliphatic heterocycles. The van der Waals surface area contributed by atoms with Crippen molar-refractivity contribution < 1.29 is 0 Å². The highest BCUT2D eigenvalue weighted by Gasteiger charge is 2.15. The van der Waals surface area contributed by atoms with Crippen LogP contribution in [0.4, 0.5) is 0 Å². The maximum Gasteiger partial charge on any atom is 0.0931 e. The summed E-state index contributed by atoms with van der Waals surface area (Å²) in [6.07, 6.45) is 1.21. The van der Waals surface area contributed by atoms with Gasteiger partial charge >= 0.3 is 0 Å². The predicted octanol–water partition coefficient (Wildman–Crippen LogP) is 4.49. The molecule has 0 saturated carbocycles. The number of halogens is 1. The Morgan fingerprint density at radius 1 is 1.33 bits per heavy atom. The molecule has 3 heteroatoms. The molecule has 0 amide bonds. The molecule has 1 aromatic rings. The molecular formula is C12H20ClNS. The van der Waals surface area contributed by atoms with Crippen LogP contribution in [-0.4, -0.2) is 6.04 Å². The Morgan fingerprint density at radius 2 is 2.00 bits per heavy atom.